The highest BCUT2D eigenvalue weighted by Crippen LogP contribution is 2.20. The van der Waals surface area contributed by atoms with Gasteiger partial charge in [-0.3, -0.25) is 0 Å². The Morgan fingerprint density at radius 2 is 2.25 bits per heavy atom. The average Bonchev–Trinajstić information content (AvgIpc) is 2.84. The van der Waals surface area contributed by atoms with Crippen molar-refractivity contribution < 1.29 is 14.6 Å². The number of carboxylic acid groups (broad SMARTS) is 1. The van der Waals surface area contributed by atoms with Crippen molar-refractivity contribution in [3.63, 3.8) is 0 Å². The predicted molar refractivity (Wildman–Crippen MR) is 74.9 cm³/mol. The number of carboxylic acids is 1. The molecule has 1 fully saturated rings. The highest BCUT2D eigenvalue weighted by molar-refractivity contribution is 5.72. The summed E-state index contributed by atoms with van der Waals surface area (Å²) >= 11 is 0. The predicted octanol–water partition coefficient (Wildman–Crippen LogP) is 1.95. The van der Waals surface area contributed by atoms with Crippen molar-refractivity contribution in [1.82, 2.24) is 9.97 Å². The van der Waals surface area contributed by atoms with Crippen molar-refractivity contribution in [2.75, 3.05) is 11.9 Å². The van der Waals surface area contributed by atoms with E-state index in [2.05, 4.69) is 29.1 Å². The van der Waals surface area contributed by atoms with Gasteiger partial charge < -0.3 is 15.2 Å². The second kappa shape index (κ2) is 6.17. The molecule has 0 bridgehead atoms. The molecule has 0 aliphatic carbocycles. The molecule has 6 nitrogen and oxygen atoms in total. The zero-order valence-electron chi connectivity index (χ0n) is 12.1. The van der Waals surface area contributed by atoms with Crippen LogP contribution in [-0.2, 0) is 9.53 Å². The largest absolute Gasteiger partial charge is 0.479 e. The lowest BCUT2D eigenvalue weighted by atomic mass is 10.1. The topological polar surface area (TPSA) is 84.3 Å². The maximum atomic E-state index is 10.8. The third-order valence-electron chi connectivity index (χ3n) is 3.34. The van der Waals surface area contributed by atoms with Gasteiger partial charge in [-0.05, 0) is 31.7 Å². The molecule has 1 saturated heterocycles. The number of nitrogens with one attached hydrogen (secondary N) is 1. The van der Waals surface area contributed by atoms with Crippen molar-refractivity contribution in [3.8, 4) is 0 Å². The monoisotopic (exact) mass is 279 g/mol. The van der Waals surface area contributed by atoms with Crippen molar-refractivity contribution in [2.24, 2.45) is 0 Å². The van der Waals surface area contributed by atoms with Gasteiger partial charge in [0.1, 0.15) is 0 Å². The van der Waals surface area contributed by atoms with Crippen LogP contribution < -0.4 is 5.32 Å². The summed E-state index contributed by atoms with van der Waals surface area (Å²) in [6.45, 7) is 6.64. The minimum absolute atomic E-state index is 0.0947. The number of anilines is 1. The van der Waals surface area contributed by atoms with E-state index in [0.717, 1.165) is 17.8 Å². The molecule has 2 atom stereocenters. The zero-order chi connectivity index (χ0) is 14.7. The van der Waals surface area contributed by atoms with Gasteiger partial charge in [0.25, 0.3) is 0 Å². The summed E-state index contributed by atoms with van der Waals surface area (Å²) in [5, 5.41) is 12.0. The van der Waals surface area contributed by atoms with E-state index in [0.29, 0.717) is 24.8 Å². The molecule has 2 heterocycles. The van der Waals surface area contributed by atoms with E-state index in [4.69, 9.17) is 9.84 Å². The molecule has 0 aromatic carbocycles. The summed E-state index contributed by atoms with van der Waals surface area (Å²) in [7, 11) is 0. The molecule has 2 rings (SSSR count). The average molecular weight is 279 g/mol. The van der Waals surface area contributed by atoms with Gasteiger partial charge in [0.05, 0.1) is 6.10 Å². The Kier molecular flexibility index (Phi) is 4.54. The standard InChI is InChI=1S/C14H21N3O3/c1-8(2)11-6-9(3)16-14(17-11)15-7-10-4-5-12(20-10)13(18)19/h6,8,10,12H,4-5,7H2,1-3H3,(H,18,19)(H,15,16,17). The molecule has 1 aliphatic heterocycles. The highest BCUT2D eigenvalue weighted by Gasteiger charge is 2.30. The van der Waals surface area contributed by atoms with E-state index in [1.807, 2.05) is 13.0 Å². The first kappa shape index (κ1) is 14.7. The summed E-state index contributed by atoms with van der Waals surface area (Å²) in [4.78, 5) is 19.6. The van der Waals surface area contributed by atoms with Crippen LogP contribution in [0.3, 0.4) is 0 Å². The van der Waals surface area contributed by atoms with Crippen LogP contribution in [0.1, 0.15) is 44.0 Å². The molecule has 0 amide bonds. The number of aliphatic carboxylic acids is 1. The number of hydrogen-bond acceptors (Lipinski definition) is 5. The Morgan fingerprint density at radius 1 is 1.50 bits per heavy atom. The van der Waals surface area contributed by atoms with E-state index < -0.39 is 12.1 Å². The summed E-state index contributed by atoms with van der Waals surface area (Å²) in [5.74, 6) is 0.0360. The fourth-order valence-electron chi connectivity index (χ4n) is 2.21. The number of aryl methyl sites for hydroxylation is 1. The van der Waals surface area contributed by atoms with Gasteiger partial charge in [0.15, 0.2) is 6.10 Å². The minimum Gasteiger partial charge on any atom is -0.479 e. The summed E-state index contributed by atoms with van der Waals surface area (Å²) in [5.41, 5.74) is 1.91. The van der Waals surface area contributed by atoms with Crippen LogP contribution in [0.2, 0.25) is 0 Å². The number of rotatable bonds is 5. The Morgan fingerprint density at radius 3 is 2.85 bits per heavy atom. The van der Waals surface area contributed by atoms with E-state index in [1.54, 1.807) is 0 Å². The lowest BCUT2D eigenvalue weighted by Crippen LogP contribution is -2.25. The number of hydrogen-bond donors (Lipinski definition) is 2. The minimum atomic E-state index is -0.888. The van der Waals surface area contributed by atoms with Gasteiger partial charge in [-0.2, -0.15) is 0 Å². The quantitative estimate of drug-likeness (QED) is 0.857. The van der Waals surface area contributed by atoms with Crippen molar-refractivity contribution >= 4 is 11.9 Å². The molecule has 1 aromatic rings. The Labute approximate surface area is 118 Å². The first-order chi connectivity index (χ1) is 9.45. The van der Waals surface area contributed by atoms with Gasteiger partial charge in [-0.1, -0.05) is 13.8 Å². The molecule has 2 N–H and O–H groups in total. The molecule has 6 heteroatoms. The van der Waals surface area contributed by atoms with Crippen LogP contribution in [0, 0.1) is 6.92 Å². The SMILES string of the molecule is Cc1cc(C(C)C)nc(NCC2CCC(C(=O)O)O2)n1. The van der Waals surface area contributed by atoms with Gasteiger partial charge in [0, 0.05) is 17.9 Å². The number of ether oxygens (including phenoxy) is 1. The normalized spacial score (nSPS) is 22.2. The fourth-order valence-corrected chi connectivity index (χ4v) is 2.21. The van der Waals surface area contributed by atoms with Gasteiger partial charge >= 0.3 is 5.97 Å². The molecule has 110 valence electrons. The van der Waals surface area contributed by atoms with Crippen LogP contribution in [0.4, 0.5) is 5.95 Å². The van der Waals surface area contributed by atoms with Crippen LogP contribution in [0.5, 0.6) is 0 Å². The van der Waals surface area contributed by atoms with E-state index in [1.165, 1.54) is 0 Å². The molecular formula is C14H21N3O3. The molecule has 2 unspecified atom stereocenters. The van der Waals surface area contributed by atoms with E-state index in [-0.39, 0.29) is 6.10 Å². The Bertz CT molecular complexity index is 491. The number of aromatic nitrogens is 2. The third-order valence-corrected chi connectivity index (χ3v) is 3.34. The van der Waals surface area contributed by atoms with Gasteiger partial charge in [-0.15, -0.1) is 0 Å². The van der Waals surface area contributed by atoms with Crippen LogP contribution in [0.15, 0.2) is 6.07 Å². The zero-order valence-corrected chi connectivity index (χ0v) is 12.1. The van der Waals surface area contributed by atoms with E-state index >= 15 is 0 Å². The summed E-state index contributed by atoms with van der Waals surface area (Å²) in [6.07, 6.45) is 0.537. The second-order valence-electron chi connectivity index (χ2n) is 5.46. The molecule has 0 saturated carbocycles. The smallest absolute Gasteiger partial charge is 0.332 e. The van der Waals surface area contributed by atoms with Crippen molar-refractivity contribution in [2.45, 2.75) is 51.7 Å². The van der Waals surface area contributed by atoms with Crippen molar-refractivity contribution in [3.05, 3.63) is 17.5 Å². The van der Waals surface area contributed by atoms with Gasteiger partial charge in [0.2, 0.25) is 5.95 Å². The fraction of sp³-hybridized carbons (Fsp3) is 0.643. The maximum Gasteiger partial charge on any atom is 0.332 e. The number of nitrogens with zero attached hydrogens (tertiary/aromatic N) is 2. The van der Waals surface area contributed by atoms with Gasteiger partial charge in [-0.25, -0.2) is 14.8 Å². The first-order valence-electron chi connectivity index (χ1n) is 6.93. The molecule has 1 aliphatic rings. The third kappa shape index (κ3) is 3.66. The van der Waals surface area contributed by atoms with Crippen molar-refractivity contribution in [1.29, 1.82) is 0 Å². The lowest BCUT2D eigenvalue weighted by molar-refractivity contribution is -0.149. The second-order valence-corrected chi connectivity index (χ2v) is 5.46. The summed E-state index contributed by atoms with van der Waals surface area (Å²) < 4.78 is 5.43. The number of carbonyl (C=O) groups is 1. The lowest BCUT2D eigenvalue weighted by Gasteiger charge is -2.14. The molecule has 0 radical (unpaired) electrons. The Hall–Kier alpha value is -1.69. The van der Waals surface area contributed by atoms with Crippen LogP contribution in [0.25, 0.3) is 0 Å². The Balaban J connectivity index is 1.93. The molecule has 0 spiro atoms. The molecular weight excluding hydrogens is 258 g/mol. The summed E-state index contributed by atoms with van der Waals surface area (Å²) in [6, 6.07) is 1.97. The van der Waals surface area contributed by atoms with E-state index in [9.17, 15) is 4.79 Å². The highest BCUT2D eigenvalue weighted by atomic mass is 16.5. The van der Waals surface area contributed by atoms with Crippen LogP contribution >= 0.6 is 0 Å². The molecule has 1 aromatic heterocycles. The molecule has 20 heavy (non-hydrogen) atoms. The maximum absolute atomic E-state index is 10.8. The first-order valence-corrected chi connectivity index (χ1v) is 6.93. The van der Waals surface area contributed by atoms with Crippen LogP contribution in [-0.4, -0.2) is 39.8 Å².